The lowest BCUT2D eigenvalue weighted by Crippen LogP contribution is -2.34. The molecule has 0 unspecified atom stereocenters. The molecule has 0 bridgehead atoms. The molecule has 1 aliphatic heterocycles. The molecule has 0 aromatic carbocycles. The van der Waals surface area contributed by atoms with Crippen LogP contribution in [0, 0.1) is 6.92 Å². The number of aryl methyl sites for hydroxylation is 2. The van der Waals surface area contributed by atoms with Crippen LogP contribution in [0.2, 0.25) is 0 Å². The molecule has 24 heavy (non-hydrogen) atoms. The van der Waals surface area contributed by atoms with Gasteiger partial charge in [-0.1, -0.05) is 6.07 Å². The Bertz CT molecular complexity index is 623. The lowest BCUT2D eigenvalue weighted by atomic mass is 9.96. The van der Waals surface area contributed by atoms with Crippen molar-refractivity contribution in [1.82, 2.24) is 19.4 Å². The Balaban J connectivity index is 1.57. The van der Waals surface area contributed by atoms with Crippen molar-refractivity contribution in [1.29, 1.82) is 0 Å². The van der Waals surface area contributed by atoms with Crippen LogP contribution in [0.5, 0.6) is 0 Å². The van der Waals surface area contributed by atoms with E-state index in [2.05, 4.69) is 63.7 Å². The van der Waals surface area contributed by atoms with Crippen molar-refractivity contribution in [3.8, 4) is 0 Å². The fourth-order valence-electron chi connectivity index (χ4n) is 3.44. The summed E-state index contributed by atoms with van der Waals surface area (Å²) < 4.78 is 2.36. The van der Waals surface area contributed by atoms with E-state index in [1.807, 2.05) is 12.4 Å². The molecule has 5 heteroatoms. The summed E-state index contributed by atoms with van der Waals surface area (Å²) in [6, 6.07) is 4.28. The van der Waals surface area contributed by atoms with Crippen LogP contribution < -0.4 is 4.90 Å². The van der Waals surface area contributed by atoms with Crippen molar-refractivity contribution in [2.45, 2.75) is 38.6 Å². The molecule has 130 valence electrons. The van der Waals surface area contributed by atoms with Gasteiger partial charge in [0.25, 0.3) is 0 Å². The summed E-state index contributed by atoms with van der Waals surface area (Å²) in [4.78, 5) is 13.9. The second-order valence-corrected chi connectivity index (χ2v) is 7.09. The van der Waals surface area contributed by atoms with Crippen LogP contribution in [0.25, 0.3) is 0 Å². The molecule has 1 fully saturated rings. The predicted octanol–water partition coefficient (Wildman–Crippen LogP) is 2.92. The molecular formula is C19H29N5. The van der Waals surface area contributed by atoms with Crippen LogP contribution in [0.15, 0.2) is 30.7 Å². The molecular weight excluding hydrogens is 298 g/mol. The van der Waals surface area contributed by atoms with E-state index in [-0.39, 0.29) is 0 Å². The van der Waals surface area contributed by atoms with Gasteiger partial charge in [-0.15, -0.1) is 0 Å². The maximum Gasteiger partial charge on any atom is 0.128 e. The Labute approximate surface area is 145 Å². The molecule has 1 saturated heterocycles. The van der Waals surface area contributed by atoms with Gasteiger partial charge in [0.05, 0.1) is 0 Å². The number of pyridine rings is 1. The van der Waals surface area contributed by atoms with E-state index in [0.717, 1.165) is 44.8 Å². The van der Waals surface area contributed by atoms with E-state index in [4.69, 9.17) is 0 Å². The van der Waals surface area contributed by atoms with Crippen molar-refractivity contribution in [3.63, 3.8) is 0 Å². The Morgan fingerprint density at radius 2 is 1.96 bits per heavy atom. The highest BCUT2D eigenvalue weighted by Crippen LogP contribution is 2.29. The fraction of sp³-hybridized carbons (Fsp3) is 0.579. The van der Waals surface area contributed by atoms with Crippen molar-refractivity contribution in [2.24, 2.45) is 0 Å². The Morgan fingerprint density at radius 3 is 2.62 bits per heavy atom. The Morgan fingerprint density at radius 1 is 1.17 bits per heavy atom. The van der Waals surface area contributed by atoms with Gasteiger partial charge in [-0.05, 0) is 58.5 Å². The number of aromatic nitrogens is 3. The lowest BCUT2D eigenvalue weighted by molar-refractivity contribution is 0.380. The summed E-state index contributed by atoms with van der Waals surface area (Å²) in [5.74, 6) is 2.94. The first-order valence-electron chi connectivity index (χ1n) is 8.97. The summed E-state index contributed by atoms with van der Waals surface area (Å²) in [5, 5.41) is 0. The van der Waals surface area contributed by atoms with Gasteiger partial charge in [-0.2, -0.15) is 0 Å². The minimum Gasteiger partial charge on any atom is -0.357 e. The minimum atomic E-state index is 0.570. The van der Waals surface area contributed by atoms with Gasteiger partial charge >= 0.3 is 0 Å². The van der Waals surface area contributed by atoms with Gasteiger partial charge in [0.15, 0.2) is 0 Å². The average molecular weight is 327 g/mol. The maximum absolute atomic E-state index is 4.66. The molecule has 0 atom stereocenters. The highest BCUT2D eigenvalue weighted by atomic mass is 15.2. The summed E-state index contributed by atoms with van der Waals surface area (Å²) in [6.45, 7) is 6.39. The van der Waals surface area contributed by atoms with Crippen molar-refractivity contribution in [3.05, 3.63) is 42.1 Å². The lowest BCUT2D eigenvalue weighted by Gasteiger charge is -2.32. The van der Waals surface area contributed by atoms with Gasteiger partial charge in [-0.3, -0.25) is 0 Å². The quantitative estimate of drug-likeness (QED) is 0.817. The summed E-state index contributed by atoms with van der Waals surface area (Å²) >= 11 is 0. The van der Waals surface area contributed by atoms with Crippen LogP contribution in [0.4, 0.5) is 5.82 Å². The Hall–Kier alpha value is -1.88. The third-order valence-electron chi connectivity index (χ3n) is 4.83. The zero-order valence-electron chi connectivity index (χ0n) is 15.1. The van der Waals surface area contributed by atoms with Gasteiger partial charge in [0.1, 0.15) is 11.6 Å². The standard InChI is InChI=1S/C19H29N5/c1-16-5-6-18(21-15-16)23-12-7-17(8-13-23)19-20-9-14-24(19)11-4-10-22(2)3/h5-6,9,14-15,17H,4,7-8,10-13H2,1-3H3. The topological polar surface area (TPSA) is 37.2 Å². The molecule has 0 amide bonds. The fourth-order valence-corrected chi connectivity index (χ4v) is 3.44. The van der Waals surface area contributed by atoms with Crippen LogP contribution in [0.1, 0.15) is 36.6 Å². The molecule has 0 N–H and O–H groups in total. The van der Waals surface area contributed by atoms with E-state index in [1.165, 1.54) is 17.8 Å². The summed E-state index contributed by atoms with van der Waals surface area (Å²) in [5.41, 5.74) is 1.22. The molecule has 3 heterocycles. The summed E-state index contributed by atoms with van der Waals surface area (Å²) in [7, 11) is 4.26. The summed E-state index contributed by atoms with van der Waals surface area (Å²) in [6.07, 6.45) is 9.53. The van der Waals surface area contributed by atoms with Crippen molar-refractivity contribution >= 4 is 5.82 Å². The molecule has 0 aliphatic carbocycles. The normalized spacial score (nSPS) is 16.1. The molecule has 2 aromatic heterocycles. The second-order valence-electron chi connectivity index (χ2n) is 7.09. The van der Waals surface area contributed by atoms with E-state index >= 15 is 0 Å². The van der Waals surface area contributed by atoms with Gasteiger partial charge < -0.3 is 14.4 Å². The minimum absolute atomic E-state index is 0.570. The third-order valence-corrected chi connectivity index (χ3v) is 4.83. The highest BCUT2D eigenvalue weighted by molar-refractivity contribution is 5.39. The van der Waals surface area contributed by atoms with Crippen LogP contribution in [-0.4, -0.2) is 53.2 Å². The maximum atomic E-state index is 4.66. The van der Waals surface area contributed by atoms with Crippen LogP contribution in [-0.2, 0) is 6.54 Å². The molecule has 5 nitrogen and oxygen atoms in total. The number of nitrogens with zero attached hydrogens (tertiary/aromatic N) is 5. The average Bonchev–Trinajstić information content (AvgIpc) is 3.04. The van der Waals surface area contributed by atoms with E-state index in [9.17, 15) is 0 Å². The second kappa shape index (κ2) is 7.79. The van der Waals surface area contributed by atoms with E-state index < -0.39 is 0 Å². The molecule has 3 rings (SSSR count). The number of piperidine rings is 1. The van der Waals surface area contributed by atoms with Gasteiger partial charge in [0.2, 0.25) is 0 Å². The molecule has 0 radical (unpaired) electrons. The van der Waals surface area contributed by atoms with Crippen LogP contribution >= 0.6 is 0 Å². The number of imidazole rings is 1. The molecule has 2 aromatic rings. The highest BCUT2D eigenvalue weighted by Gasteiger charge is 2.24. The monoisotopic (exact) mass is 327 g/mol. The van der Waals surface area contributed by atoms with Gasteiger partial charge in [-0.25, -0.2) is 9.97 Å². The van der Waals surface area contributed by atoms with Crippen molar-refractivity contribution in [2.75, 3.05) is 38.6 Å². The number of anilines is 1. The SMILES string of the molecule is Cc1ccc(N2CCC(c3nccn3CCCN(C)C)CC2)nc1. The number of hydrogen-bond donors (Lipinski definition) is 0. The van der Waals surface area contributed by atoms with Crippen molar-refractivity contribution < 1.29 is 0 Å². The van der Waals surface area contributed by atoms with E-state index in [0.29, 0.717) is 5.92 Å². The first-order valence-corrected chi connectivity index (χ1v) is 8.97. The third kappa shape index (κ3) is 4.15. The zero-order valence-corrected chi connectivity index (χ0v) is 15.1. The smallest absolute Gasteiger partial charge is 0.128 e. The predicted molar refractivity (Wildman–Crippen MR) is 98.6 cm³/mol. The van der Waals surface area contributed by atoms with E-state index in [1.54, 1.807) is 0 Å². The number of rotatable bonds is 6. The zero-order chi connectivity index (χ0) is 16.9. The molecule has 0 spiro atoms. The van der Waals surface area contributed by atoms with Crippen LogP contribution in [0.3, 0.4) is 0 Å². The number of hydrogen-bond acceptors (Lipinski definition) is 4. The molecule has 0 saturated carbocycles. The Kier molecular flexibility index (Phi) is 5.51. The largest absolute Gasteiger partial charge is 0.357 e. The first-order chi connectivity index (χ1) is 11.6. The first kappa shape index (κ1) is 17.0. The molecule has 1 aliphatic rings. The van der Waals surface area contributed by atoms with Gasteiger partial charge in [0, 0.05) is 44.1 Å².